The van der Waals surface area contributed by atoms with Gasteiger partial charge in [-0.05, 0) is 39.5 Å². The van der Waals surface area contributed by atoms with Crippen LogP contribution in [0, 0.1) is 5.92 Å². The van der Waals surface area contributed by atoms with Gasteiger partial charge in [-0.15, -0.1) is 0 Å². The number of nitrogen functional groups attached to an aromatic ring is 1. The minimum atomic E-state index is -0.449. The molecule has 1 atom stereocenters. The van der Waals surface area contributed by atoms with Crippen LogP contribution in [0.15, 0.2) is 0 Å². The van der Waals surface area contributed by atoms with E-state index in [1.54, 1.807) is 4.68 Å². The molecule has 19 heavy (non-hydrogen) atoms. The molecule has 3 N–H and O–H groups in total. The van der Waals surface area contributed by atoms with E-state index in [1.807, 2.05) is 13.8 Å². The van der Waals surface area contributed by atoms with Gasteiger partial charge in [0.15, 0.2) is 5.82 Å². The first kappa shape index (κ1) is 13.7. The molecule has 1 aromatic heterocycles. The maximum absolute atomic E-state index is 11.9. The van der Waals surface area contributed by atoms with Gasteiger partial charge >= 0.3 is 5.97 Å². The molecule has 1 fully saturated rings. The number of nitrogens with one attached hydrogen (secondary N) is 1. The number of anilines is 2. The van der Waals surface area contributed by atoms with Crippen molar-refractivity contribution in [2.75, 3.05) is 18.2 Å². The van der Waals surface area contributed by atoms with Crippen LogP contribution in [0.5, 0.6) is 0 Å². The molecular weight excluding hydrogens is 244 g/mol. The van der Waals surface area contributed by atoms with Crippen molar-refractivity contribution in [1.82, 2.24) is 9.78 Å². The molecule has 0 aliphatic heterocycles. The molecule has 0 spiro atoms. The molecule has 1 aromatic rings. The number of carbonyl (C=O) groups excluding carboxylic acids is 1. The molecule has 1 heterocycles. The van der Waals surface area contributed by atoms with Gasteiger partial charge in [0, 0.05) is 12.1 Å². The summed E-state index contributed by atoms with van der Waals surface area (Å²) in [6, 6.07) is 0.383. The Bertz CT molecular complexity index is 477. The fraction of sp³-hybridized carbons (Fsp3) is 0.692. The lowest BCUT2D eigenvalue weighted by Crippen LogP contribution is -2.19. The van der Waals surface area contributed by atoms with E-state index in [2.05, 4.69) is 17.3 Å². The largest absolute Gasteiger partial charge is 0.465 e. The van der Waals surface area contributed by atoms with Crippen LogP contribution in [0.2, 0.25) is 0 Å². The molecule has 1 saturated carbocycles. The highest BCUT2D eigenvalue weighted by molar-refractivity contribution is 5.99. The number of hydrogen-bond acceptors (Lipinski definition) is 5. The van der Waals surface area contributed by atoms with E-state index in [4.69, 9.17) is 10.5 Å². The van der Waals surface area contributed by atoms with Crippen LogP contribution in [0.25, 0.3) is 0 Å². The number of aromatic nitrogens is 2. The number of ether oxygens (including phenoxy) is 1. The summed E-state index contributed by atoms with van der Waals surface area (Å²) >= 11 is 0. The summed E-state index contributed by atoms with van der Waals surface area (Å²) in [5.41, 5.74) is 6.35. The number of nitrogens with two attached hydrogens (primary N) is 1. The molecule has 1 aliphatic carbocycles. The van der Waals surface area contributed by atoms with Crippen LogP contribution in [-0.2, 0) is 4.74 Å². The van der Waals surface area contributed by atoms with Crippen molar-refractivity contribution in [2.45, 2.75) is 45.7 Å². The van der Waals surface area contributed by atoms with E-state index in [-0.39, 0.29) is 6.04 Å². The van der Waals surface area contributed by atoms with E-state index in [0.717, 1.165) is 0 Å². The normalized spacial score (nSPS) is 16.5. The van der Waals surface area contributed by atoms with Gasteiger partial charge in [-0.3, -0.25) is 0 Å². The van der Waals surface area contributed by atoms with Crippen LogP contribution in [0.4, 0.5) is 11.6 Å². The van der Waals surface area contributed by atoms with Gasteiger partial charge < -0.3 is 15.8 Å². The Balaban J connectivity index is 2.33. The third-order valence-corrected chi connectivity index (χ3v) is 3.52. The van der Waals surface area contributed by atoms with Gasteiger partial charge in [0.25, 0.3) is 0 Å². The first-order valence-electron chi connectivity index (χ1n) is 6.68. The van der Waals surface area contributed by atoms with Crippen LogP contribution >= 0.6 is 0 Å². The topological polar surface area (TPSA) is 82.2 Å². The van der Waals surface area contributed by atoms with E-state index >= 15 is 0 Å². The molecule has 0 bridgehead atoms. The molecule has 6 nitrogen and oxygen atoms in total. The van der Waals surface area contributed by atoms with Crippen molar-refractivity contribution in [1.29, 1.82) is 0 Å². The maximum Gasteiger partial charge on any atom is 0.345 e. The number of hydrogen-bond donors (Lipinski definition) is 2. The molecule has 0 radical (unpaired) electrons. The highest BCUT2D eigenvalue weighted by Gasteiger charge is 2.31. The Morgan fingerprint density at radius 2 is 2.11 bits per heavy atom. The quantitative estimate of drug-likeness (QED) is 0.797. The highest BCUT2D eigenvalue weighted by Crippen LogP contribution is 2.35. The third-order valence-electron chi connectivity index (χ3n) is 3.52. The third kappa shape index (κ3) is 2.67. The van der Waals surface area contributed by atoms with E-state index in [9.17, 15) is 4.79 Å². The first-order chi connectivity index (χ1) is 8.95. The van der Waals surface area contributed by atoms with Crippen molar-refractivity contribution in [2.24, 2.45) is 5.92 Å². The molecule has 2 rings (SSSR count). The second-order valence-corrected chi connectivity index (χ2v) is 5.41. The molecular formula is C13H22N4O2. The van der Waals surface area contributed by atoms with E-state index in [0.29, 0.717) is 29.2 Å². The number of nitrogens with zero attached hydrogens (tertiary/aromatic N) is 2. The van der Waals surface area contributed by atoms with Gasteiger partial charge in [0.1, 0.15) is 11.4 Å². The number of esters is 1. The Labute approximate surface area is 113 Å². The predicted molar refractivity (Wildman–Crippen MR) is 74.2 cm³/mol. The van der Waals surface area contributed by atoms with Gasteiger partial charge in [-0.2, -0.15) is 5.10 Å². The zero-order chi connectivity index (χ0) is 14.2. The average Bonchev–Trinajstić information content (AvgIpc) is 3.14. The predicted octanol–water partition coefficient (Wildman–Crippen LogP) is 2.04. The molecule has 6 heteroatoms. The summed E-state index contributed by atoms with van der Waals surface area (Å²) in [6.45, 7) is 6.04. The van der Waals surface area contributed by atoms with Gasteiger partial charge in [-0.1, -0.05) is 0 Å². The van der Waals surface area contributed by atoms with E-state index < -0.39 is 5.97 Å². The Hall–Kier alpha value is -1.72. The zero-order valence-corrected chi connectivity index (χ0v) is 11.9. The summed E-state index contributed by atoms with van der Waals surface area (Å²) in [5.74, 6) is 1.09. The van der Waals surface area contributed by atoms with Crippen LogP contribution in [-0.4, -0.2) is 28.9 Å². The molecule has 1 aliphatic rings. The molecule has 0 amide bonds. The maximum atomic E-state index is 11.9. The number of rotatable bonds is 5. The van der Waals surface area contributed by atoms with Crippen LogP contribution in [0.3, 0.4) is 0 Å². The molecule has 1 unspecified atom stereocenters. The SMILES string of the molecule is COC(=O)c1c(NC(C)C2CC2)nn(C(C)C)c1N. The van der Waals surface area contributed by atoms with Crippen molar-refractivity contribution in [3.05, 3.63) is 5.56 Å². The van der Waals surface area contributed by atoms with Crippen molar-refractivity contribution >= 4 is 17.6 Å². The van der Waals surface area contributed by atoms with Crippen LogP contribution in [0.1, 0.15) is 50.0 Å². The number of methoxy groups -OCH3 is 1. The lowest BCUT2D eigenvalue weighted by molar-refractivity contribution is 0.0603. The van der Waals surface area contributed by atoms with Gasteiger partial charge in [-0.25, -0.2) is 9.48 Å². The summed E-state index contributed by atoms with van der Waals surface area (Å²) in [6.07, 6.45) is 2.45. The summed E-state index contributed by atoms with van der Waals surface area (Å²) in [4.78, 5) is 11.9. The van der Waals surface area contributed by atoms with Crippen molar-refractivity contribution in [3.8, 4) is 0 Å². The zero-order valence-electron chi connectivity index (χ0n) is 11.9. The summed E-state index contributed by atoms with van der Waals surface area (Å²) in [7, 11) is 1.35. The van der Waals surface area contributed by atoms with Gasteiger partial charge in [0.2, 0.25) is 0 Å². The Morgan fingerprint density at radius 3 is 2.58 bits per heavy atom. The van der Waals surface area contributed by atoms with E-state index in [1.165, 1.54) is 20.0 Å². The molecule has 106 valence electrons. The lowest BCUT2D eigenvalue weighted by atomic mass is 10.2. The van der Waals surface area contributed by atoms with Crippen molar-refractivity contribution in [3.63, 3.8) is 0 Å². The van der Waals surface area contributed by atoms with Crippen molar-refractivity contribution < 1.29 is 9.53 Å². The molecule has 0 aromatic carbocycles. The Kier molecular flexibility index (Phi) is 3.68. The Morgan fingerprint density at radius 1 is 1.47 bits per heavy atom. The average molecular weight is 266 g/mol. The fourth-order valence-corrected chi connectivity index (χ4v) is 2.18. The lowest BCUT2D eigenvalue weighted by Gasteiger charge is -2.12. The van der Waals surface area contributed by atoms with Crippen LogP contribution < -0.4 is 11.1 Å². The number of carbonyl (C=O) groups is 1. The second-order valence-electron chi connectivity index (χ2n) is 5.41. The minimum Gasteiger partial charge on any atom is -0.465 e. The highest BCUT2D eigenvalue weighted by atomic mass is 16.5. The smallest absolute Gasteiger partial charge is 0.345 e. The second kappa shape index (κ2) is 5.11. The standard InChI is InChI=1S/C13H22N4O2/c1-7(2)17-11(14)10(13(18)19-4)12(16-17)15-8(3)9-5-6-9/h7-9H,5-6,14H2,1-4H3,(H,15,16). The minimum absolute atomic E-state index is 0.0928. The van der Waals surface area contributed by atoms with Gasteiger partial charge in [0.05, 0.1) is 7.11 Å². The summed E-state index contributed by atoms with van der Waals surface area (Å²) in [5, 5.41) is 7.70. The monoisotopic (exact) mass is 266 g/mol. The fourth-order valence-electron chi connectivity index (χ4n) is 2.18. The first-order valence-corrected chi connectivity index (χ1v) is 6.68. The summed E-state index contributed by atoms with van der Waals surface area (Å²) < 4.78 is 6.44. The molecule has 0 saturated heterocycles.